The zero-order valence-electron chi connectivity index (χ0n) is 15.8. The van der Waals surface area contributed by atoms with E-state index in [2.05, 4.69) is 20.5 Å². The second-order valence-corrected chi connectivity index (χ2v) is 8.69. The number of amides is 1. The summed E-state index contributed by atoms with van der Waals surface area (Å²) in [5, 5.41) is 23.5. The van der Waals surface area contributed by atoms with E-state index >= 15 is 0 Å². The van der Waals surface area contributed by atoms with Crippen molar-refractivity contribution in [3.8, 4) is 11.3 Å². The molecule has 0 bridgehead atoms. The highest BCUT2D eigenvalue weighted by Crippen LogP contribution is 2.43. The monoisotopic (exact) mass is 421 g/mol. The molecule has 2 aromatic heterocycles. The lowest BCUT2D eigenvalue weighted by atomic mass is 9.88. The second-order valence-electron chi connectivity index (χ2n) is 7.90. The molecule has 7 nitrogen and oxygen atoms in total. The molecule has 0 saturated heterocycles. The van der Waals surface area contributed by atoms with Gasteiger partial charge in [0.25, 0.3) is 0 Å². The Morgan fingerprint density at radius 3 is 2.79 bits per heavy atom. The maximum Gasteiger partial charge on any atom is 0.224 e. The number of carbonyl (C=O) groups is 1. The molecule has 148 valence electrons. The summed E-state index contributed by atoms with van der Waals surface area (Å²) in [5.41, 5.74) is 2.96. The fraction of sp³-hybridized carbons (Fsp3) is 0.421. The largest absolute Gasteiger partial charge is 0.390 e. The SMILES string of the molecule is Cn1ncc(-c2cc(Cl)c(Cl)c3[nH]c4c(c23)CC(=O)NC[C@@H]4CC(C)(C)O)n1. The van der Waals surface area contributed by atoms with E-state index in [0.29, 0.717) is 34.2 Å². The number of aliphatic hydroxyl groups is 1. The molecule has 3 N–H and O–H groups in total. The molecule has 1 atom stereocenters. The van der Waals surface area contributed by atoms with E-state index in [-0.39, 0.29) is 18.2 Å². The van der Waals surface area contributed by atoms with Crippen LogP contribution in [0, 0.1) is 0 Å². The third-order valence-electron chi connectivity index (χ3n) is 5.02. The van der Waals surface area contributed by atoms with Gasteiger partial charge in [-0.2, -0.15) is 15.0 Å². The number of carbonyl (C=O) groups excluding carboxylic acids is 1. The summed E-state index contributed by atoms with van der Waals surface area (Å²) in [7, 11) is 1.74. The molecule has 1 amide bonds. The van der Waals surface area contributed by atoms with E-state index in [0.717, 1.165) is 22.2 Å². The van der Waals surface area contributed by atoms with Crippen molar-refractivity contribution < 1.29 is 9.90 Å². The molecule has 9 heteroatoms. The molecule has 1 aliphatic rings. The maximum atomic E-state index is 12.4. The first-order valence-corrected chi connectivity index (χ1v) is 9.78. The zero-order valence-corrected chi connectivity index (χ0v) is 17.3. The van der Waals surface area contributed by atoms with Crippen molar-refractivity contribution in [2.45, 2.75) is 38.2 Å². The van der Waals surface area contributed by atoms with Crippen LogP contribution in [0.25, 0.3) is 22.2 Å². The number of rotatable bonds is 3. The van der Waals surface area contributed by atoms with Crippen LogP contribution < -0.4 is 5.32 Å². The number of benzene rings is 1. The van der Waals surface area contributed by atoms with E-state index in [1.807, 2.05) is 0 Å². The number of hydrogen-bond acceptors (Lipinski definition) is 4. The number of halogens is 2. The summed E-state index contributed by atoms with van der Waals surface area (Å²) in [6.07, 6.45) is 2.35. The molecule has 0 spiro atoms. The summed E-state index contributed by atoms with van der Waals surface area (Å²) in [5.74, 6) is -0.157. The normalized spacial score (nSPS) is 17.5. The highest BCUT2D eigenvalue weighted by molar-refractivity contribution is 6.45. The Hall–Kier alpha value is -2.09. The summed E-state index contributed by atoms with van der Waals surface area (Å²) in [6.45, 7) is 3.96. The highest BCUT2D eigenvalue weighted by Gasteiger charge is 2.32. The van der Waals surface area contributed by atoms with Crippen molar-refractivity contribution >= 4 is 40.0 Å². The van der Waals surface area contributed by atoms with Gasteiger partial charge >= 0.3 is 0 Å². The van der Waals surface area contributed by atoms with Crippen LogP contribution in [0.15, 0.2) is 12.3 Å². The second kappa shape index (κ2) is 6.76. The summed E-state index contributed by atoms with van der Waals surface area (Å²) in [4.78, 5) is 17.3. The average molecular weight is 422 g/mol. The molecular weight excluding hydrogens is 401 g/mol. The van der Waals surface area contributed by atoms with Crippen molar-refractivity contribution in [1.29, 1.82) is 0 Å². The van der Waals surface area contributed by atoms with Crippen LogP contribution in [0.1, 0.15) is 37.4 Å². The van der Waals surface area contributed by atoms with Gasteiger partial charge in [0.2, 0.25) is 5.91 Å². The van der Waals surface area contributed by atoms with Crippen molar-refractivity contribution in [3.63, 3.8) is 0 Å². The molecular formula is C19H21Cl2N5O2. The number of hydrogen-bond donors (Lipinski definition) is 3. The van der Waals surface area contributed by atoms with E-state index < -0.39 is 5.60 Å². The van der Waals surface area contributed by atoms with Gasteiger partial charge in [-0.1, -0.05) is 23.2 Å². The Labute approximate surface area is 172 Å². The van der Waals surface area contributed by atoms with Crippen LogP contribution in [0.5, 0.6) is 0 Å². The number of aryl methyl sites for hydroxylation is 1. The summed E-state index contributed by atoms with van der Waals surface area (Å²) < 4.78 is 0. The number of H-pyrrole nitrogens is 1. The first-order valence-electron chi connectivity index (χ1n) is 9.02. The number of aromatic amines is 1. The molecule has 4 rings (SSSR count). The van der Waals surface area contributed by atoms with Crippen molar-refractivity contribution in [2.24, 2.45) is 7.05 Å². The topological polar surface area (TPSA) is 95.8 Å². The lowest BCUT2D eigenvalue weighted by Crippen LogP contribution is -2.30. The molecule has 3 heterocycles. The summed E-state index contributed by atoms with van der Waals surface area (Å²) in [6, 6.07) is 1.76. The molecule has 1 aliphatic heterocycles. The minimum absolute atomic E-state index is 0.0726. The first kappa shape index (κ1) is 19.2. The minimum atomic E-state index is -0.885. The zero-order chi connectivity index (χ0) is 20.2. The van der Waals surface area contributed by atoms with Crippen molar-refractivity contribution in [2.75, 3.05) is 6.54 Å². The fourth-order valence-corrected chi connectivity index (χ4v) is 4.34. The lowest BCUT2D eigenvalue weighted by molar-refractivity contribution is -0.120. The van der Waals surface area contributed by atoms with Crippen molar-refractivity contribution in [1.82, 2.24) is 25.3 Å². The predicted octanol–water partition coefficient (Wildman–Crippen LogP) is 3.19. The number of fused-ring (bicyclic) bond motifs is 3. The maximum absolute atomic E-state index is 12.4. The predicted molar refractivity (Wildman–Crippen MR) is 109 cm³/mol. The van der Waals surface area contributed by atoms with Gasteiger partial charge in [0, 0.05) is 36.2 Å². The van der Waals surface area contributed by atoms with Gasteiger partial charge < -0.3 is 15.4 Å². The van der Waals surface area contributed by atoms with Gasteiger partial charge in [0.15, 0.2) is 0 Å². The van der Waals surface area contributed by atoms with Crippen LogP contribution >= 0.6 is 23.2 Å². The lowest BCUT2D eigenvalue weighted by Gasteiger charge is -2.24. The Balaban J connectivity index is 2.01. The Kier molecular flexibility index (Phi) is 4.64. The van der Waals surface area contributed by atoms with Gasteiger partial charge in [0.05, 0.1) is 33.8 Å². The number of nitrogens with zero attached hydrogens (tertiary/aromatic N) is 3. The van der Waals surface area contributed by atoms with Gasteiger partial charge in [-0.3, -0.25) is 4.79 Å². The van der Waals surface area contributed by atoms with Gasteiger partial charge in [0.1, 0.15) is 5.69 Å². The van der Waals surface area contributed by atoms with E-state index in [9.17, 15) is 9.90 Å². The third kappa shape index (κ3) is 3.38. The standard InChI is InChI=1S/C19H21Cl2N5O2/c1-19(2,28)6-9-7-22-14(27)5-11-15-10(13-8-23-26(3)25-13)4-12(20)16(21)18(15)24-17(9)11/h4,8-9,24,28H,5-7H2,1-3H3,(H,22,27)/t9-/m0/s1. The molecule has 0 saturated carbocycles. The van der Waals surface area contributed by atoms with Crippen LogP contribution in [0.4, 0.5) is 0 Å². The molecule has 28 heavy (non-hydrogen) atoms. The van der Waals surface area contributed by atoms with E-state index in [1.165, 1.54) is 4.80 Å². The number of aromatic nitrogens is 4. The van der Waals surface area contributed by atoms with Crippen LogP contribution in [0.2, 0.25) is 10.0 Å². The van der Waals surface area contributed by atoms with Gasteiger partial charge in [-0.25, -0.2) is 0 Å². The van der Waals surface area contributed by atoms with Crippen LogP contribution in [-0.2, 0) is 18.3 Å². The molecule has 0 aliphatic carbocycles. The Bertz CT molecular complexity index is 1080. The summed E-state index contributed by atoms with van der Waals surface area (Å²) >= 11 is 12.9. The molecule has 1 aromatic carbocycles. The molecule has 0 unspecified atom stereocenters. The molecule has 3 aromatic rings. The van der Waals surface area contributed by atoms with Crippen LogP contribution in [0.3, 0.4) is 0 Å². The molecule has 0 radical (unpaired) electrons. The molecule has 0 fully saturated rings. The van der Waals surface area contributed by atoms with E-state index in [1.54, 1.807) is 33.2 Å². The quantitative estimate of drug-likeness (QED) is 0.604. The van der Waals surface area contributed by atoms with E-state index in [4.69, 9.17) is 23.2 Å². The van der Waals surface area contributed by atoms with Crippen LogP contribution in [-0.4, -0.2) is 43.1 Å². The van der Waals surface area contributed by atoms with Gasteiger partial charge in [-0.05, 0) is 31.9 Å². The Morgan fingerprint density at radius 2 is 2.14 bits per heavy atom. The average Bonchev–Trinajstić information content (AvgIpc) is 3.15. The highest BCUT2D eigenvalue weighted by atomic mass is 35.5. The number of nitrogens with one attached hydrogen (secondary N) is 2. The van der Waals surface area contributed by atoms with Crippen molar-refractivity contribution in [3.05, 3.63) is 33.6 Å². The minimum Gasteiger partial charge on any atom is -0.390 e. The first-order chi connectivity index (χ1) is 13.1. The fourth-order valence-electron chi connectivity index (χ4n) is 3.94. The third-order valence-corrected chi connectivity index (χ3v) is 5.81. The Morgan fingerprint density at radius 1 is 1.39 bits per heavy atom. The smallest absolute Gasteiger partial charge is 0.224 e. The van der Waals surface area contributed by atoms with Gasteiger partial charge in [-0.15, -0.1) is 0 Å².